The summed E-state index contributed by atoms with van der Waals surface area (Å²) < 4.78 is 0. The molecular formula is C24H30N2O3. The van der Waals surface area contributed by atoms with E-state index < -0.39 is 5.97 Å². The lowest BCUT2D eigenvalue weighted by atomic mass is 10.0. The zero-order valence-electron chi connectivity index (χ0n) is 17.2. The van der Waals surface area contributed by atoms with Gasteiger partial charge in [0.25, 0.3) is 0 Å². The maximum absolute atomic E-state index is 12.4. The molecule has 0 aromatic heterocycles. The van der Waals surface area contributed by atoms with Crippen LogP contribution >= 0.6 is 0 Å². The number of carbonyl (C=O) groups excluding carboxylic acids is 1. The summed E-state index contributed by atoms with van der Waals surface area (Å²) in [7, 11) is 1.77. The lowest BCUT2D eigenvalue weighted by molar-refractivity contribution is -0.131. The minimum atomic E-state index is -0.968. The lowest BCUT2D eigenvalue weighted by Crippen LogP contribution is -2.37. The number of carboxylic acids is 1. The minimum Gasteiger partial charge on any atom is -0.478 e. The van der Waals surface area contributed by atoms with Crippen LogP contribution in [-0.2, 0) is 4.79 Å². The fourth-order valence-corrected chi connectivity index (χ4v) is 3.01. The van der Waals surface area contributed by atoms with Gasteiger partial charge in [0, 0.05) is 25.4 Å². The molecule has 0 spiro atoms. The molecule has 29 heavy (non-hydrogen) atoms. The summed E-state index contributed by atoms with van der Waals surface area (Å²) in [6.07, 6.45) is 8.50. The van der Waals surface area contributed by atoms with Crippen molar-refractivity contribution in [3.05, 3.63) is 60.2 Å². The topological polar surface area (TPSA) is 69.6 Å². The summed E-state index contributed by atoms with van der Waals surface area (Å²) in [6.45, 7) is 2.88. The summed E-state index contributed by atoms with van der Waals surface area (Å²) in [6, 6.07) is 15.3. The van der Waals surface area contributed by atoms with Gasteiger partial charge in [-0.05, 0) is 41.3 Å². The maximum Gasteiger partial charge on any atom is 0.328 e. The highest BCUT2D eigenvalue weighted by Gasteiger charge is 2.11. The number of rotatable bonds is 10. The van der Waals surface area contributed by atoms with Crippen LogP contribution in [0.1, 0.15) is 44.6 Å². The summed E-state index contributed by atoms with van der Waals surface area (Å²) in [5, 5.41) is 11.7. The van der Waals surface area contributed by atoms with E-state index in [0.29, 0.717) is 6.54 Å². The van der Waals surface area contributed by atoms with Crippen LogP contribution < -0.4 is 10.2 Å². The summed E-state index contributed by atoms with van der Waals surface area (Å²) in [5.41, 5.74) is 3.64. The van der Waals surface area contributed by atoms with Crippen molar-refractivity contribution in [2.24, 2.45) is 0 Å². The van der Waals surface area contributed by atoms with E-state index in [4.69, 9.17) is 5.11 Å². The van der Waals surface area contributed by atoms with Gasteiger partial charge in [0.15, 0.2) is 0 Å². The van der Waals surface area contributed by atoms with E-state index in [9.17, 15) is 9.59 Å². The van der Waals surface area contributed by atoms with Crippen molar-refractivity contribution >= 4 is 23.8 Å². The Morgan fingerprint density at radius 3 is 2.41 bits per heavy atom. The Hall–Kier alpha value is -3.08. The minimum absolute atomic E-state index is 0.105. The van der Waals surface area contributed by atoms with Crippen LogP contribution in [0.5, 0.6) is 0 Å². The molecule has 2 rings (SSSR count). The Balaban J connectivity index is 1.97. The van der Waals surface area contributed by atoms with Crippen molar-refractivity contribution in [3.8, 4) is 11.1 Å². The zero-order chi connectivity index (χ0) is 21.1. The van der Waals surface area contributed by atoms with Crippen LogP contribution in [0, 0.1) is 0 Å². The Morgan fingerprint density at radius 2 is 1.72 bits per heavy atom. The molecule has 2 N–H and O–H groups in total. The molecule has 0 aliphatic carbocycles. The van der Waals surface area contributed by atoms with Gasteiger partial charge < -0.3 is 10.4 Å². The molecule has 5 nitrogen and oxygen atoms in total. The first-order valence-corrected chi connectivity index (χ1v) is 10.1. The third-order valence-electron chi connectivity index (χ3n) is 4.76. The third kappa shape index (κ3) is 7.45. The molecule has 0 unspecified atom stereocenters. The van der Waals surface area contributed by atoms with E-state index in [2.05, 4.69) is 12.2 Å². The van der Waals surface area contributed by atoms with Crippen molar-refractivity contribution in [1.82, 2.24) is 5.32 Å². The second-order valence-electron chi connectivity index (χ2n) is 7.05. The van der Waals surface area contributed by atoms with Gasteiger partial charge in [-0.1, -0.05) is 69.0 Å². The van der Waals surface area contributed by atoms with Crippen LogP contribution in [0.4, 0.5) is 10.5 Å². The number of amides is 2. The highest BCUT2D eigenvalue weighted by atomic mass is 16.4. The molecule has 0 heterocycles. The van der Waals surface area contributed by atoms with Crippen LogP contribution in [0.2, 0.25) is 0 Å². The predicted octanol–water partition coefficient (Wildman–Crippen LogP) is 5.57. The Bertz CT molecular complexity index is 828. The van der Waals surface area contributed by atoms with E-state index in [1.54, 1.807) is 18.0 Å². The highest BCUT2D eigenvalue weighted by Crippen LogP contribution is 2.25. The summed E-state index contributed by atoms with van der Waals surface area (Å²) >= 11 is 0. The molecule has 0 fully saturated rings. The van der Waals surface area contributed by atoms with Crippen LogP contribution in [0.25, 0.3) is 17.2 Å². The number of carbonyl (C=O) groups is 2. The second kappa shape index (κ2) is 11.7. The molecule has 0 atom stereocenters. The Kier molecular flexibility index (Phi) is 8.96. The molecule has 0 saturated carbocycles. The van der Waals surface area contributed by atoms with Crippen LogP contribution in [0.3, 0.4) is 0 Å². The molecule has 0 saturated heterocycles. The van der Waals surface area contributed by atoms with E-state index in [0.717, 1.165) is 41.3 Å². The Labute approximate surface area is 173 Å². The number of benzene rings is 2. The summed E-state index contributed by atoms with van der Waals surface area (Å²) in [5.74, 6) is -0.968. The molecule has 5 heteroatoms. The number of unbranched alkanes of at least 4 members (excludes halogenated alkanes) is 4. The van der Waals surface area contributed by atoms with E-state index in [-0.39, 0.29) is 6.03 Å². The number of nitrogens with zero attached hydrogens (tertiary/aromatic N) is 1. The number of hydrogen-bond donors (Lipinski definition) is 2. The molecular weight excluding hydrogens is 364 g/mol. The van der Waals surface area contributed by atoms with Gasteiger partial charge in [0.05, 0.1) is 0 Å². The van der Waals surface area contributed by atoms with Gasteiger partial charge >= 0.3 is 12.0 Å². The predicted molar refractivity (Wildman–Crippen MR) is 119 cm³/mol. The average molecular weight is 395 g/mol. The standard InChI is InChI=1S/C24H30N2O3/c1-3-4-5-6-7-17-25-24(29)26(2)22-10-8-9-21(18-22)20-14-11-19(12-15-20)13-16-23(27)28/h8-16,18H,3-7,17H2,1-2H3,(H,25,29)(H,27,28). The third-order valence-corrected chi connectivity index (χ3v) is 4.76. The van der Waals surface area contributed by atoms with Gasteiger partial charge in [0.2, 0.25) is 0 Å². The fraction of sp³-hybridized carbons (Fsp3) is 0.333. The second-order valence-corrected chi connectivity index (χ2v) is 7.05. The quantitative estimate of drug-likeness (QED) is 0.409. The molecule has 2 aromatic rings. The number of aliphatic carboxylic acids is 1. The molecule has 2 aromatic carbocycles. The number of carboxylic acid groups (broad SMARTS) is 1. The van der Waals surface area contributed by atoms with Gasteiger partial charge in [-0.25, -0.2) is 9.59 Å². The average Bonchev–Trinajstić information content (AvgIpc) is 2.74. The number of nitrogens with one attached hydrogen (secondary N) is 1. The van der Waals surface area contributed by atoms with Crippen molar-refractivity contribution in [2.75, 3.05) is 18.5 Å². The molecule has 0 aliphatic heterocycles. The smallest absolute Gasteiger partial charge is 0.328 e. The molecule has 0 aliphatic rings. The van der Waals surface area contributed by atoms with Crippen molar-refractivity contribution < 1.29 is 14.7 Å². The maximum atomic E-state index is 12.4. The molecule has 2 amide bonds. The monoisotopic (exact) mass is 394 g/mol. The number of urea groups is 1. The normalized spacial score (nSPS) is 10.8. The van der Waals surface area contributed by atoms with Crippen LogP contribution in [-0.4, -0.2) is 30.7 Å². The molecule has 154 valence electrons. The van der Waals surface area contributed by atoms with E-state index in [1.165, 1.54) is 19.3 Å². The highest BCUT2D eigenvalue weighted by molar-refractivity contribution is 5.92. The molecule has 0 bridgehead atoms. The lowest BCUT2D eigenvalue weighted by Gasteiger charge is -2.19. The largest absolute Gasteiger partial charge is 0.478 e. The van der Waals surface area contributed by atoms with Crippen molar-refractivity contribution in [2.45, 2.75) is 39.0 Å². The van der Waals surface area contributed by atoms with Crippen molar-refractivity contribution in [1.29, 1.82) is 0 Å². The zero-order valence-corrected chi connectivity index (χ0v) is 17.2. The fourth-order valence-electron chi connectivity index (χ4n) is 3.01. The van der Waals surface area contributed by atoms with Gasteiger partial charge in [-0.3, -0.25) is 4.90 Å². The van der Waals surface area contributed by atoms with E-state index >= 15 is 0 Å². The number of hydrogen-bond acceptors (Lipinski definition) is 2. The first kappa shape index (κ1) is 22.2. The first-order valence-electron chi connectivity index (χ1n) is 10.1. The van der Waals surface area contributed by atoms with Gasteiger partial charge in [-0.2, -0.15) is 0 Å². The summed E-state index contributed by atoms with van der Waals surface area (Å²) in [4.78, 5) is 24.7. The van der Waals surface area contributed by atoms with Crippen molar-refractivity contribution in [3.63, 3.8) is 0 Å². The SMILES string of the molecule is CCCCCCCNC(=O)N(C)c1cccc(-c2ccc(C=CC(=O)O)cc2)c1. The van der Waals surface area contributed by atoms with Gasteiger partial charge in [0.1, 0.15) is 0 Å². The van der Waals surface area contributed by atoms with E-state index in [1.807, 2.05) is 48.5 Å². The van der Waals surface area contributed by atoms with Crippen LogP contribution in [0.15, 0.2) is 54.6 Å². The number of anilines is 1. The molecule has 0 radical (unpaired) electrons. The first-order chi connectivity index (χ1) is 14.0. The van der Waals surface area contributed by atoms with Gasteiger partial charge in [-0.15, -0.1) is 0 Å². The Morgan fingerprint density at radius 1 is 1.00 bits per heavy atom.